The number of hydrogen-bond acceptors (Lipinski definition) is 6. The molecule has 7 heteroatoms. The second-order valence-electron chi connectivity index (χ2n) is 7.07. The largest absolute Gasteiger partial charge is 0.496 e. The lowest BCUT2D eigenvalue weighted by Crippen LogP contribution is -2.27. The van der Waals surface area contributed by atoms with Crippen molar-refractivity contribution in [1.82, 2.24) is 9.97 Å². The van der Waals surface area contributed by atoms with E-state index in [4.69, 9.17) is 10.5 Å². The number of rotatable bonds is 7. The van der Waals surface area contributed by atoms with Gasteiger partial charge in [0.05, 0.1) is 12.8 Å². The van der Waals surface area contributed by atoms with Crippen LogP contribution in [-0.4, -0.2) is 23.0 Å². The summed E-state index contributed by atoms with van der Waals surface area (Å²) in [7, 11) is 1.63. The molecule has 0 bridgehead atoms. The van der Waals surface area contributed by atoms with E-state index in [0.717, 1.165) is 28.3 Å². The van der Waals surface area contributed by atoms with Crippen LogP contribution in [0.1, 0.15) is 11.6 Å². The van der Waals surface area contributed by atoms with E-state index < -0.39 is 6.04 Å². The van der Waals surface area contributed by atoms with Crippen molar-refractivity contribution in [2.45, 2.75) is 6.04 Å². The topological polar surface area (TPSA) is 102 Å². The van der Waals surface area contributed by atoms with Crippen molar-refractivity contribution in [3.05, 3.63) is 96.8 Å². The maximum atomic E-state index is 12.4. The summed E-state index contributed by atoms with van der Waals surface area (Å²) in [6.45, 7) is 0. The van der Waals surface area contributed by atoms with Gasteiger partial charge in [-0.05, 0) is 42.0 Å². The van der Waals surface area contributed by atoms with Crippen molar-refractivity contribution in [3.63, 3.8) is 0 Å². The second kappa shape index (κ2) is 9.72. The van der Waals surface area contributed by atoms with Crippen LogP contribution in [0.3, 0.4) is 0 Å². The number of para-hydroxylation sites is 1. The van der Waals surface area contributed by atoms with Gasteiger partial charge in [-0.25, -0.2) is 9.97 Å². The van der Waals surface area contributed by atoms with Crippen molar-refractivity contribution in [3.8, 4) is 17.0 Å². The van der Waals surface area contributed by atoms with Crippen molar-refractivity contribution >= 4 is 23.1 Å². The second-order valence-corrected chi connectivity index (χ2v) is 7.07. The maximum Gasteiger partial charge on any atom is 0.245 e. The van der Waals surface area contributed by atoms with Crippen LogP contribution in [0, 0.1) is 0 Å². The molecule has 0 saturated heterocycles. The molecule has 160 valence electrons. The van der Waals surface area contributed by atoms with Gasteiger partial charge in [-0.1, -0.05) is 42.5 Å². The van der Waals surface area contributed by atoms with Gasteiger partial charge in [-0.3, -0.25) is 4.79 Å². The van der Waals surface area contributed by atoms with Crippen LogP contribution < -0.4 is 21.1 Å². The molecule has 0 radical (unpaired) electrons. The molecule has 1 aromatic heterocycles. The van der Waals surface area contributed by atoms with Gasteiger partial charge in [-0.2, -0.15) is 0 Å². The SMILES string of the molecule is COc1ccccc1-c1cc(Nc2ccc(NC(=O)[C@@H](N)c3ccccc3)cc2)ncn1. The lowest BCUT2D eigenvalue weighted by molar-refractivity contribution is -0.117. The number of anilines is 3. The minimum absolute atomic E-state index is 0.269. The number of nitrogens with two attached hydrogens (primary N) is 1. The predicted molar refractivity (Wildman–Crippen MR) is 126 cm³/mol. The van der Waals surface area contributed by atoms with Gasteiger partial charge in [-0.15, -0.1) is 0 Å². The minimum atomic E-state index is -0.733. The minimum Gasteiger partial charge on any atom is -0.496 e. The number of amides is 1. The third-order valence-electron chi connectivity index (χ3n) is 4.92. The number of benzene rings is 3. The molecule has 7 nitrogen and oxygen atoms in total. The van der Waals surface area contributed by atoms with E-state index in [1.165, 1.54) is 6.33 Å². The van der Waals surface area contributed by atoms with E-state index in [1.807, 2.05) is 72.8 Å². The Morgan fingerprint density at radius 1 is 0.906 bits per heavy atom. The Bertz CT molecular complexity index is 1200. The molecule has 0 fully saturated rings. The summed E-state index contributed by atoms with van der Waals surface area (Å²) in [5.74, 6) is 1.11. The van der Waals surface area contributed by atoms with Gasteiger partial charge < -0.3 is 21.1 Å². The smallest absolute Gasteiger partial charge is 0.245 e. The quantitative estimate of drug-likeness (QED) is 0.402. The Balaban J connectivity index is 1.43. The molecule has 4 rings (SSSR count). The lowest BCUT2D eigenvalue weighted by Gasteiger charge is -2.13. The van der Waals surface area contributed by atoms with E-state index in [9.17, 15) is 4.79 Å². The first-order valence-corrected chi connectivity index (χ1v) is 10.1. The van der Waals surface area contributed by atoms with Crippen LogP contribution in [-0.2, 0) is 4.79 Å². The molecule has 0 aliphatic carbocycles. The Hall–Kier alpha value is -4.23. The van der Waals surface area contributed by atoms with E-state index in [1.54, 1.807) is 19.2 Å². The molecule has 1 heterocycles. The number of ether oxygens (including phenoxy) is 1. The number of nitrogens with zero attached hydrogens (tertiary/aromatic N) is 2. The van der Waals surface area contributed by atoms with Gasteiger partial charge in [0.2, 0.25) is 5.91 Å². The zero-order chi connectivity index (χ0) is 22.3. The van der Waals surface area contributed by atoms with E-state index in [0.29, 0.717) is 11.5 Å². The molecule has 32 heavy (non-hydrogen) atoms. The molecule has 0 aliphatic heterocycles. The molecule has 1 amide bonds. The molecule has 4 N–H and O–H groups in total. The number of methoxy groups -OCH3 is 1. The standard InChI is InChI=1S/C25H23N5O2/c1-32-22-10-6-5-9-20(22)21-15-23(28-16-27-21)29-18-11-13-19(14-12-18)30-25(31)24(26)17-7-3-2-4-8-17/h2-16,24H,26H2,1H3,(H,30,31)(H,27,28,29)/t24-/m0/s1. The highest BCUT2D eigenvalue weighted by Crippen LogP contribution is 2.29. The third kappa shape index (κ3) is 4.91. The highest BCUT2D eigenvalue weighted by molar-refractivity contribution is 5.95. The highest BCUT2D eigenvalue weighted by atomic mass is 16.5. The van der Waals surface area contributed by atoms with Crippen molar-refractivity contribution in [2.75, 3.05) is 17.7 Å². The van der Waals surface area contributed by atoms with Crippen LogP contribution >= 0.6 is 0 Å². The fourth-order valence-corrected chi connectivity index (χ4v) is 3.25. The molecule has 1 atom stereocenters. The molecule has 0 aliphatic rings. The zero-order valence-corrected chi connectivity index (χ0v) is 17.5. The molecule has 0 saturated carbocycles. The van der Waals surface area contributed by atoms with Gasteiger partial charge >= 0.3 is 0 Å². The van der Waals surface area contributed by atoms with Crippen LogP contribution in [0.4, 0.5) is 17.2 Å². The van der Waals surface area contributed by atoms with E-state index in [-0.39, 0.29) is 5.91 Å². The van der Waals surface area contributed by atoms with E-state index >= 15 is 0 Å². The maximum absolute atomic E-state index is 12.4. The fourth-order valence-electron chi connectivity index (χ4n) is 3.25. The number of aromatic nitrogens is 2. The Labute approximate surface area is 186 Å². The van der Waals surface area contributed by atoms with E-state index in [2.05, 4.69) is 20.6 Å². The van der Waals surface area contributed by atoms with Crippen molar-refractivity contribution in [1.29, 1.82) is 0 Å². The van der Waals surface area contributed by atoms with Crippen LogP contribution in [0.15, 0.2) is 91.3 Å². The highest BCUT2D eigenvalue weighted by Gasteiger charge is 2.15. The molecule has 0 spiro atoms. The molecule has 0 unspecified atom stereocenters. The number of carbonyl (C=O) groups is 1. The first kappa shape index (κ1) is 21.0. The number of hydrogen-bond donors (Lipinski definition) is 3. The number of carbonyl (C=O) groups excluding carboxylic acids is 1. The summed E-state index contributed by atoms with van der Waals surface area (Å²) in [4.78, 5) is 21.1. The molecular formula is C25H23N5O2. The Kier molecular flexibility index (Phi) is 6.38. The monoisotopic (exact) mass is 425 g/mol. The van der Waals surface area contributed by atoms with Crippen molar-refractivity contribution in [2.24, 2.45) is 5.73 Å². The van der Waals surface area contributed by atoms with Crippen LogP contribution in [0.25, 0.3) is 11.3 Å². The average molecular weight is 425 g/mol. The van der Waals surface area contributed by atoms with Crippen molar-refractivity contribution < 1.29 is 9.53 Å². The predicted octanol–water partition coefficient (Wildman–Crippen LogP) is 4.53. The summed E-state index contributed by atoms with van der Waals surface area (Å²) in [6, 6.07) is 25.4. The van der Waals surface area contributed by atoms with Crippen LogP contribution in [0.5, 0.6) is 5.75 Å². The van der Waals surface area contributed by atoms with Gasteiger partial charge in [0, 0.05) is 23.0 Å². The summed E-state index contributed by atoms with van der Waals surface area (Å²) in [5.41, 5.74) is 9.92. The summed E-state index contributed by atoms with van der Waals surface area (Å²) < 4.78 is 5.42. The first-order chi connectivity index (χ1) is 15.6. The molecular weight excluding hydrogens is 402 g/mol. The van der Waals surface area contributed by atoms with Gasteiger partial charge in [0.15, 0.2) is 0 Å². The third-order valence-corrected chi connectivity index (χ3v) is 4.92. The average Bonchev–Trinajstić information content (AvgIpc) is 2.85. The Morgan fingerprint density at radius 2 is 1.59 bits per heavy atom. The summed E-state index contributed by atoms with van der Waals surface area (Å²) in [6.07, 6.45) is 1.50. The zero-order valence-electron chi connectivity index (χ0n) is 17.5. The Morgan fingerprint density at radius 3 is 2.34 bits per heavy atom. The van der Waals surface area contributed by atoms with Gasteiger partial charge in [0.1, 0.15) is 23.9 Å². The normalized spacial score (nSPS) is 11.4. The number of nitrogens with one attached hydrogen (secondary N) is 2. The fraction of sp³-hybridized carbons (Fsp3) is 0.0800. The van der Waals surface area contributed by atoms with Gasteiger partial charge in [0.25, 0.3) is 0 Å². The van der Waals surface area contributed by atoms with Crippen LogP contribution in [0.2, 0.25) is 0 Å². The summed E-state index contributed by atoms with van der Waals surface area (Å²) in [5, 5.41) is 6.09. The lowest BCUT2D eigenvalue weighted by atomic mass is 10.1. The molecule has 4 aromatic rings. The first-order valence-electron chi connectivity index (χ1n) is 10.1. The molecule has 3 aromatic carbocycles. The summed E-state index contributed by atoms with van der Waals surface area (Å²) >= 11 is 0.